The molecule has 6 heteroatoms. The molecule has 2 N–H and O–H groups in total. The van der Waals surface area contributed by atoms with Gasteiger partial charge in [0.15, 0.2) is 5.75 Å². The third-order valence-electron chi connectivity index (χ3n) is 4.28. The molecular formula is C18H13N3O2S. The van der Waals surface area contributed by atoms with Crippen LogP contribution in [0.15, 0.2) is 52.4 Å². The molecule has 0 saturated carbocycles. The van der Waals surface area contributed by atoms with E-state index >= 15 is 0 Å². The average molecular weight is 335 g/mol. The molecule has 4 rings (SSSR count). The highest BCUT2D eigenvalue weighted by atomic mass is 32.1. The van der Waals surface area contributed by atoms with Gasteiger partial charge in [0.2, 0.25) is 0 Å². The smallest absolute Gasteiger partial charge is 0.323 e. The quantitative estimate of drug-likeness (QED) is 0.731. The molecule has 118 valence electrons. The summed E-state index contributed by atoms with van der Waals surface area (Å²) in [6.45, 7) is 1.78. The minimum absolute atomic E-state index is 0.370. The van der Waals surface area contributed by atoms with Gasteiger partial charge in [-0.2, -0.15) is 16.6 Å². The van der Waals surface area contributed by atoms with Crippen molar-refractivity contribution in [2.75, 3.05) is 0 Å². The van der Waals surface area contributed by atoms with Gasteiger partial charge in [-0.15, -0.1) is 0 Å². The van der Waals surface area contributed by atoms with Crippen molar-refractivity contribution in [2.45, 2.75) is 12.8 Å². The molecule has 0 radical (unpaired) electrons. The number of aromatic nitrogens is 1. The van der Waals surface area contributed by atoms with Gasteiger partial charge in [0.1, 0.15) is 5.76 Å². The Labute approximate surface area is 142 Å². The van der Waals surface area contributed by atoms with E-state index in [0.29, 0.717) is 28.3 Å². The van der Waals surface area contributed by atoms with E-state index in [2.05, 4.69) is 6.07 Å². The van der Waals surface area contributed by atoms with E-state index in [-0.39, 0.29) is 5.92 Å². The summed E-state index contributed by atoms with van der Waals surface area (Å²) in [5, 5.41) is 14.4. The summed E-state index contributed by atoms with van der Waals surface area (Å²) in [6, 6.07) is 11.1. The maximum Gasteiger partial charge on any atom is 0.323 e. The SMILES string of the molecule is CC1=C(C#N)C(c2ccsc2)c2c(c3ccccc3n2C(N)=O)O1. The molecule has 0 spiro atoms. The predicted octanol–water partition coefficient (Wildman–Crippen LogP) is 3.95. The number of carbonyl (C=O) groups is 1. The molecule has 2 aromatic heterocycles. The highest BCUT2D eigenvalue weighted by Crippen LogP contribution is 2.48. The summed E-state index contributed by atoms with van der Waals surface area (Å²) in [7, 11) is 0. The lowest BCUT2D eigenvalue weighted by Crippen LogP contribution is -2.25. The summed E-state index contributed by atoms with van der Waals surface area (Å²) in [5.74, 6) is 0.774. The Morgan fingerprint density at radius 3 is 2.83 bits per heavy atom. The fraction of sp³-hybridized carbons (Fsp3) is 0.111. The van der Waals surface area contributed by atoms with E-state index in [1.807, 2.05) is 41.1 Å². The Kier molecular flexibility index (Phi) is 3.18. The standard InChI is InChI=1S/C18H13N3O2S/c1-10-13(8-19)15(11-6-7-24-9-11)16-17(23-10)12-4-2-3-5-14(12)21(16)18(20)22/h2-7,9,15H,1H3,(H2,20,22). The second-order valence-electron chi connectivity index (χ2n) is 5.58. The van der Waals surface area contributed by atoms with Crippen LogP contribution in [0.2, 0.25) is 0 Å². The lowest BCUT2D eigenvalue weighted by atomic mass is 9.87. The maximum absolute atomic E-state index is 12.2. The number of allylic oxidation sites excluding steroid dienone is 2. The lowest BCUT2D eigenvalue weighted by Gasteiger charge is -2.25. The normalized spacial score (nSPS) is 16.6. The van der Waals surface area contributed by atoms with Crippen molar-refractivity contribution >= 4 is 28.3 Å². The summed E-state index contributed by atoms with van der Waals surface area (Å²) in [6.07, 6.45) is 0. The Balaban J connectivity index is 2.14. The molecule has 1 aliphatic rings. The fourth-order valence-electron chi connectivity index (χ4n) is 3.29. The molecule has 3 aromatic rings. The molecule has 0 saturated heterocycles. The van der Waals surface area contributed by atoms with Gasteiger partial charge >= 0.3 is 6.03 Å². The number of nitrogens with two attached hydrogens (primary N) is 1. The molecule has 1 atom stereocenters. The van der Waals surface area contributed by atoms with Crippen molar-refractivity contribution in [3.05, 3.63) is 63.7 Å². The molecule has 1 aliphatic heterocycles. The van der Waals surface area contributed by atoms with Crippen LogP contribution in [0.3, 0.4) is 0 Å². The molecule has 0 aliphatic carbocycles. The summed E-state index contributed by atoms with van der Waals surface area (Å²) >= 11 is 1.54. The molecule has 1 aromatic carbocycles. The third kappa shape index (κ3) is 1.88. The van der Waals surface area contributed by atoms with Gasteiger partial charge in [0, 0.05) is 5.39 Å². The Morgan fingerprint density at radius 2 is 2.17 bits per heavy atom. The monoisotopic (exact) mass is 335 g/mol. The molecule has 0 fully saturated rings. The number of benzene rings is 1. The van der Waals surface area contributed by atoms with Crippen LogP contribution in [0.1, 0.15) is 24.1 Å². The first kappa shape index (κ1) is 14.5. The van der Waals surface area contributed by atoms with Gasteiger partial charge in [-0.1, -0.05) is 12.1 Å². The van der Waals surface area contributed by atoms with Crippen molar-refractivity contribution in [3.63, 3.8) is 0 Å². The Bertz CT molecular complexity index is 1040. The number of hydrogen-bond acceptors (Lipinski definition) is 4. The van der Waals surface area contributed by atoms with E-state index in [4.69, 9.17) is 10.5 Å². The van der Waals surface area contributed by atoms with Crippen LogP contribution in [0.25, 0.3) is 10.9 Å². The van der Waals surface area contributed by atoms with Crippen LogP contribution in [-0.2, 0) is 0 Å². The highest BCUT2D eigenvalue weighted by Gasteiger charge is 2.36. The Morgan fingerprint density at radius 1 is 1.38 bits per heavy atom. The second-order valence-corrected chi connectivity index (χ2v) is 6.36. The van der Waals surface area contributed by atoms with Crippen LogP contribution in [0.5, 0.6) is 5.75 Å². The van der Waals surface area contributed by atoms with E-state index < -0.39 is 6.03 Å². The second kappa shape index (κ2) is 5.25. The molecule has 3 heterocycles. The first-order valence-electron chi connectivity index (χ1n) is 7.37. The highest BCUT2D eigenvalue weighted by molar-refractivity contribution is 7.08. The van der Waals surface area contributed by atoms with Gasteiger partial charge in [0.05, 0.1) is 28.8 Å². The number of carbonyl (C=O) groups excluding carboxylic acids is 1. The number of nitriles is 1. The van der Waals surface area contributed by atoms with Gasteiger partial charge in [0.25, 0.3) is 0 Å². The fourth-order valence-corrected chi connectivity index (χ4v) is 3.98. The van der Waals surface area contributed by atoms with Gasteiger partial charge in [-0.05, 0) is 41.4 Å². The van der Waals surface area contributed by atoms with E-state index in [9.17, 15) is 10.1 Å². The van der Waals surface area contributed by atoms with Crippen LogP contribution in [-0.4, -0.2) is 10.6 Å². The van der Waals surface area contributed by atoms with E-state index in [0.717, 1.165) is 10.9 Å². The molecular weight excluding hydrogens is 322 g/mol. The van der Waals surface area contributed by atoms with Crippen molar-refractivity contribution < 1.29 is 9.53 Å². The lowest BCUT2D eigenvalue weighted by molar-refractivity contribution is 0.250. The van der Waals surface area contributed by atoms with Gasteiger partial charge < -0.3 is 10.5 Å². The third-order valence-corrected chi connectivity index (χ3v) is 4.98. The number of thiophene rings is 1. The molecule has 1 amide bonds. The number of nitrogens with zero attached hydrogens (tertiary/aromatic N) is 2. The van der Waals surface area contributed by atoms with Crippen molar-refractivity contribution in [1.29, 1.82) is 5.26 Å². The minimum Gasteiger partial charge on any atom is -0.458 e. The van der Waals surface area contributed by atoms with E-state index in [1.165, 1.54) is 4.57 Å². The topological polar surface area (TPSA) is 81.0 Å². The zero-order valence-electron chi connectivity index (χ0n) is 12.8. The van der Waals surface area contributed by atoms with Crippen molar-refractivity contribution in [3.8, 4) is 11.8 Å². The number of para-hydroxylation sites is 1. The number of primary amides is 1. The largest absolute Gasteiger partial charge is 0.458 e. The van der Waals surface area contributed by atoms with Gasteiger partial charge in [-0.25, -0.2) is 4.79 Å². The first-order chi connectivity index (χ1) is 11.6. The maximum atomic E-state index is 12.2. The zero-order chi connectivity index (χ0) is 16.8. The number of ether oxygens (including phenoxy) is 1. The molecule has 1 unspecified atom stereocenters. The molecule has 24 heavy (non-hydrogen) atoms. The van der Waals surface area contributed by atoms with Gasteiger partial charge in [-0.3, -0.25) is 4.57 Å². The summed E-state index contributed by atoms with van der Waals surface area (Å²) < 4.78 is 7.39. The van der Waals surface area contributed by atoms with Crippen LogP contribution in [0, 0.1) is 11.3 Å². The zero-order valence-corrected chi connectivity index (χ0v) is 13.6. The van der Waals surface area contributed by atoms with Crippen molar-refractivity contribution in [2.24, 2.45) is 5.73 Å². The van der Waals surface area contributed by atoms with E-state index in [1.54, 1.807) is 18.3 Å². The molecule has 0 bridgehead atoms. The Hall–Kier alpha value is -3.04. The van der Waals surface area contributed by atoms with Crippen LogP contribution in [0.4, 0.5) is 4.79 Å². The number of rotatable bonds is 1. The number of fused-ring (bicyclic) bond motifs is 3. The average Bonchev–Trinajstić information content (AvgIpc) is 3.19. The number of amides is 1. The van der Waals surface area contributed by atoms with Crippen LogP contribution >= 0.6 is 11.3 Å². The summed E-state index contributed by atoms with van der Waals surface area (Å²) in [4.78, 5) is 12.2. The van der Waals surface area contributed by atoms with Crippen molar-refractivity contribution in [1.82, 2.24) is 4.57 Å². The first-order valence-corrected chi connectivity index (χ1v) is 8.31. The number of hydrogen-bond donors (Lipinski definition) is 1. The predicted molar refractivity (Wildman–Crippen MR) is 92.0 cm³/mol. The molecule has 5 nitrogen and oxygen atoms in total. The summed E-state index contributed by atoms with van der Waals surface area (Å²) in [5.41, 5.74) is 8.40. The minimum atomic E-state index is -0.590. The van der Waals surface area contributed by atoms with Crippen LogP contribution < -0.4 is 10.5 Å².